The number of rotatable bonds is 12. The minimum atomic E-state index is -4.63. The van der Waals surface area contributed by atoms with E-state index in [-0.39, 0.29) is 49.5 Å². The zero-order chi connectivity index (χ0) is 28.7. The molecule has 2 atom stereocenters. The van der Waals surface area contributed by atoms with Gasteiger partial charge in [0.1, 0.15) is 6.04 Å². The number of aryl methyl sites for hydroxylation is 1. The van der Waals surface area contributed by atoms with Crippen LogP contribution in [0.25, 0.3) is 0 Å². The molecule has 0 aliphatic rings. The molecule has 2 aromatic carbocycles. The Morgan fingerprint density at radius 3 is 2.24 bits per heavy atom. The molecule has 0 saturated carbocycles. The Balaban J connectivity index is 2.21. The highest BCUT2D eigenvalue weighted by Gasteiger charge is 2.32. The molecule has 0 aromatic heterocycles. The predicted octanol–water partition coefficient (Wildman–Crippen LogP) is 4.89. The average Bonchev–Trinajstić information content (AvgIpc) is 2.84. The van der Waals surface area contributed by atoms with Crippen molar-refractivity contribution in [3.05, 3.63) is 65.2 Å². The van der Waals surface area contributed by atoms with E-state index < -0.39 is 27.8 Å². The van der Waals surface area contributed by atoms with E-state index in [4.69, 9.17) is 0 Å². The smallest absolute Gasteiger partial charge is 0.352 e. The van der Waals surface area contributed by atoms with Gasteiger partial charge in [-0.3, -0.25) is 13.9 Å². The minimum absolute atomic E-state index is 0.0479. The molecule has 210 valence electrons. The summed E-state index contributed by atoms with van der Waals surface area (Å²) in [6.07, 6.45) is -3.05. The molecule has 2 amide bonds. The van der Waals surface area contributed by atoms with Gasteiger partial charge in [-0.1, -0.05) is 42.8 Å². The molecule has 0 spiro atoms. The first-order valence-electron chi connectivity index (χ1n) is 12.4. The molecule has 2 aromatic rings. The number of nitrogens with zero attached hydrogens (tertiary/aromatic N) is 2. The van der Waals surface area contributed by atoms with Crippen LogP contribution >= 0.6 is 0 Å². The average molecular weight is 556 g/mol. The van der Waals surface area contributed by atoms with E-state index in [1.54, 1.807) is 6.92 Å². The lowest BCUT2D eigenvalue weighted by atomic mass is 10.1. The number of nitrogens with one attached hydrogen (secondary N) is 1. The van der Waals surface area contributed by atoms with Gasteiger partial charge in [-0.15, -0.1) is 0 Å². The summed E-state index contributed by atoms with van der Waals surface area (Å²) in [5.41, 5.74) is 0.774. The normalized spacial score (nSPS) is 13.5. The Bertz CT molecular complexity index is 1200. The maximum atomic E-state index is 13.3. The van der Waals surface area contributed by atoms with Gasteiger partial charge < -0.3 is 10.2 Å². The van der Waals surface area contributed by atoms with Crippen LogP contribution in [0.15, 0.2) is 48.5 Å². The van der Waals surface area contributed by atoms with Crippen molar-refractivity contribution >= 4 is 27.5 Å². The summed E-state index contributed by atoms with van der Waals surface area (Å²) in [6, 6.07) is 10.7. The number of carbonyl (C=O) groups is 2. The number of alkyl halides is 3. The minimum Gasteiger partial charge on any atom is -0.352 e. The van der Waals surface area contributed by atoms with Crippen LogP contribution in [0.4, 0.5) is 18.9 Å². The third-order valence-electron chi connectivity index (χ3n) is 6.26. The lowest BCUT2D eigenvalue weighted by Crippen LogP contribution is -2.49. The fourth-order valence-electron chi connectivity index (χ4n) is 3.78. The van der Waals surface area contributed by atoms with Gasteiger partial charge in [-0.05, 0) is 57.4 Å². The molecule has 0 fully saturated rings. The highest BCUT2D eigenvalue weighted by Crippen LogP contribution is 2.32. The van der Waals surface area contributed by atoms with E-state index in [1.165, 1.54) is 11.0 Å². The second kappa shape index (κ2) is 13.1. The molecule has 0 radical (unpaired) electrons. The van der Waals surface area contributed by atoms with Crippen LogP contribution in [0.1, 0.15) is 56.7 Å². The quantitative estimate of drug-likeness (QED) is 0.404. The van der Waals surface area contributed by atoms with Crippen molar-refractivity contribution in [1.82, 2.24) is 10.2 Å². The molecule has 38 heavy (non-hydrogen) atoms. The summed E-state index contributed by atoms with van der Waals surface area (Å²) in [5, 5.41) is 2.88. The van der Waals surface area contributed by atoms with Crippen molar-refractivity contribution in [3.63, 3.8) is 0 Å². The van der Waals surface area contributed by atoms with Crippen molar-refractivity contribution in [1.29, 1.82) is 0 Å². The molecule has 0 saturated heterocycles. The molecule has 0 heterocycles. The van der Waals surface area contributed by atoms with Gasteiger partial charge in [0, 0.05) is 25.6 Å². The van der Waals surface area contributed by atoms with Crippen LogP contribution in [0.2, 0.25) is 0 Å². The third-order valence-corrected chi connectivity index (χ3v) is 7.45. The Morgan fingerprint density at radius 1 is 1.05 bits per heavy atom. The number of benzene rings is 2. The first kappa shape index (κ1) is 31.1. The standard InChI is InChI=1S/C27H36F3N3O4S/c1-6-20(3)31-26(35)21(4)32(18-22-14-12-19(2)13-15-22)25(34)11-8-16-33(38(5,36)37)24-10-7-9-23(17-24)27(28,29)30/h7,9-10,12-15,17,20-21H,6,8,11,16,18H2,1-5H3,(H,31,35)/t20-,21-/m1/s1. The molecular formula is C27H36F3N3O4S. The number of hydrogen-bond acceptors (Lipinski definition) is 4. The lowest BCUT2D eigenvalue weighted by Gasteiger charge is -2.30. The summed E-state index contributed by atoms with van der Waals surface area (Å²) >= 11 is 0. The maximum absolute atomic E-state index is 13.3. The molecule has 7 nitrogen and oxygen atoms in total. The second-order valence-electron chi connectivity index (χ2n) is 9.49. The highest BCUT2D eigenvalue weighted by molar-refractivity contribution is 7.92. The summed E-state index contributed by atoms with van der Waals surface area (Å²) in [4.78, 5) is 27.6. The van der Waals surface area contributed by atoms with Gasteiger partial charge in [-0.2, -0.15) is 13.2 Å². The largest absolute Gasteiger partial charge is 0.416 e. The first-order valence-corrected chi connectivity index (χ1v) is 14.3. The maximum Gasteiger partial charge on any atom is 0.416 e. The molecular weight excluding hydrogens is 519 g/mol. The number of halogens is 3. The van der Waals surface area contributed by atoms with Crippen LogP contribution in [0, 0.1) is 6.92 Å². The molecule has 1 N–H and O–H groups in total. The van der Waals surface area contributed by atoms with E-state index in [0.717, 1.165) is 46.3 Å². The van der Waals surface area contributed by atoms with Gasteiger partial charge in [-0.25, -0.2) is 8.42 Å². The van der Waals surface area contributed by atoms with Crippen LogP contribution in [0.5, 0.6) is 0 Å². The summed E-state index contributed by atoms with van der Waals surface area (Å²) in [7, 11) is -3.92. The Hall–Kier alpha value is -3.08. The van der Waals surface area contributed by atoms with Gasteiger partial charge in [0.15, 0.2) is 0 Å². The predicted molar refractivity (Wildman–Crippen MR) is 142 cm³/mol. The van der Waals surface area contributed by atoms with Crippen LogP contribution < -0.4 is 9.62 Å². The summed E-state index contributed by atoms with van der Waals surface area (Å²) in [5.74, 6) is -0.670. The number of amides is 2. The molecule has 2 rings (SSSR count). The van der Waals surface area contributed by atoms with Crippen molar-refractivity contribution in [2.75, 3.05) is 17.1 Å². The van der Waals surface area contributed by atoms with E-state index in [9.17, 15) is 31.2 Å². The Kier molecular flexibility index (Phi) is 10.8. The van der Waals surface area contributed by atoms with Gasteiger partial charge in [0.05, 0.1) is 17.5 Å². The Labute approximate surface area is 223 Å². The first-order chi connectivity index (χ1) is 17.6. The van der Waals surface area contributed by atoms with E-state index in [0.29, 0.717) is 0 Å². The molecule has 0 aliphatic carbocycles. The van der Waals surface area contributed by atoms with E-state index in [2.05, 4.69) is 5.32 Å². The molecule has 0 unspecified atom stereocenters. The number of hydrogen-bond donors (Lipinski definition) is 1. The molecule has 0 bridgehead atoms. The number of carbonyl (C=O) groups excluding carboxylic acids is 2. The highest BCUT2D eigenvalue weighted by atomic mass is 32.2. The fourth-order valence-corrected chi connectivity index (χ4v) is 4.74. The number of anilines is 1. The number of sulfonamides is 1. The fraction of sp³-hybridized carbons (Fsp3) is 0.481. The van der Waals surface area contributed by atoms with Gasteiger partial charge >= 0.3 is 6.18 Å². The van der Waals surface area contributed by atoms with Crippen LogP contribution in [0.3, 0.4) is 0 Å². The molecule has 11 heteroatoms. The van der Waals surface area contributed by atoms with Crippen molar-refractivity contribution < 1.29 is 31.2 Å². The third kappa shape index (κ3) is 9.04. The van der Waals surface area contributed by atoms with Crippen molar-refractivity contribution in [3.8, 4) is 0 Å². The topological polar surface area (TPSA) is 86.8 Å². The zero-order valence-electron chi connectivity index (χ0n) is 22.4. The van der Waals surface area contributed by atoms with E-state index in [1.807, 2.05) is 45.0 Å². The van der Waals surface area contributed by atoms with E-state index >= 15 is 0 Å². The second-order valence-corrected chi connectivity index (χ2v) is 11.4. The van der Waals surface area contributed by atoms with Crippen LogP contribution in [-0.2, 0) is 32.3 Å². The van der Waals surface area contributed by atoms with Crippen LogP contribution in [-0.4, -0.2) is 50.0 Å². The summed E-state index contributed by atoms with van der Waals surface area (Å²) < 4.78 is 65.2. The lowest BCUT2D eigenvalue weighted by molar-refractivity contribution is -0.140. The summed E-state index contributed by atoms with van der Waals surface area (Å²) in [6.45, 7) is 7.35. The zero-order valence-corrected chi connectivity index (χ0v) is 23.2. The monoisotopic (exact) mass is 555 g/mol. The molecule has 0 aliphatic heterocycles. The van der Waals surface area contributed by atoms with Crippen molar-refractivity contribution in [2.24, 2.45) is 0 Å². The van der Waals surface area contributed by atoms with Gasteiger partial charge in [0.25, 0.3) is 0 Å². The SMILES string of the molecule is CC[C@@H](C)NC(=O)[C@@H](C)N(Cc1ccc(C)cc1)C(=O)CCCN(c1cccc(C(F)(F)F)c1)S(C)(=O)=O. The van der Waals surface area contributed by atoms with Gasteiger partial charge in [0.2, 0.25) is 21.8 Å². The van der Waals surface area contributed by atoms with Crippen molar-refractivity contribution in [2.45, 2.75) is 71.8 Å². The Morgan fingerprint density at radius 2 is 1.68 bits per heavy atom.